The number of nitrogens with one attached hydrogen (secondary N) is 7. The Morgan fingerprint density at radius 1 is 0.636 bits per heavy atom. The van der Waals surface area contributed by atoms with Crippen LogP contribution >= 0.6 is 35.4 Å². The van der Waals surface area contributed by atoms with E-state index in [-0.39, 0.29) is 69.2 Å². The number of carbonyl (C=O) groups is 9. The molecule has 23 N–H and O–H groups in total. The van der Waals surface area contributed by atoms with Gasteiger partial charge in [-0.25, -0.2) is 9.59 Å². The van der Waals surface area contributed by atoms with E-state index >= 15 is 28.8 Å². The lowest BCUT2D eigenvalue weighted by Gasteiger charge is -2.47. The predicted octanol–water partition coefficient (Wildman–Crippen LogP) is 4.19. The third kappa shape index (κ3) is 17.6. The summed E-state index contributed by atoms with van der Waals surface area (Å²) in [5.41, 5.74) is 7.44. The van der Waals surface area contributed by atoms with E-state index in [9.17, 15) is 75.7 Å². The molecular weight excluding hydrogens is 1750 g/mol. The number of anilines is 1. The van der Waals surface area contributed by atoms with Gasteiger partial charge in [-0.3, -0.25) is 33.6 Å². The second kappa shape index (κ2) is 35.6. The Morgan fingerprint density at radius 2 is 1.23 bits per heavy atom. The maximum absolute atomic E-state index is 16.4. The highest BCUT2D eigenvalue weighted by atomic mass is 35.5. The van der Waals surface area contributed by atoms with Gasteiger partial charge in [0.25, 0.3) is 0 Å². The Labute approximate surface area is 746 Å². The first kappa shape index (κ1) is 90.8. The standard InChI is InChI=1S/C87H86Cl2N10O29S/c1-32(2)18-51(99(5)85(129)92-38-9-12-45-42(24-38)83(120)128-87(45)46-13-10-39(101)27-56(46)124-57-28-40(102)11-14-47(57)87)77(113)97-67-69(107)35-7-16-54(48(88)20-35)122-58-22-37-23-59(73(58)127-84-74(72(110)71(109)60(31-100)125-84)126-62-30-86(4,91)75(111)33(3)121-62)123-55-17-8-36(21-49(55)89)70(108)68-81(117)96-66(82(118)119)44-25-41(103)26-53(105)63(44)43-19-34(6-15-52(43)104)64(78(114)98-68)95-79(115)65(37)94-76(112)50(29-61(90)106)93-80(67)116/h6-17,19-28,32-33,50-51,60,62,64-72,74-75,84,100-105,107-111H,18,29-31,91H2,1-5H3,(H2,90,106)(H,92,129)(H,93,116)(H,94,112)(H,95,115)(H,96,117)(H,97,113)(H,98,114)(H,118,119)/t33-,50-,51+,60+,62-,64+,65+,66-,67+,68-,69+,70+,71+,72-,74+,75+,84-,86-/m0/s1. The maximum atomic E-state index is 16.4. The zero-order valence-electron chi connectivity index (χ0n) is 68.5. The van der Waals surface area contributed by atoms with Crippen molar-refractivity contribution in [2.24, 2.45) is 17.4 Å². The van der Waals surface area contributed by atoms with Crippen LogP contribution in [0.2, 0.25) is 10.0 Å². The van der Waals surface area contributed by atoms with E-state index in [1.165, 1.54) is 74.3 Å². The van der Waals surface area contributed by atoms with E-state index in [1.54, 1.807) is 26.0 Å². The molecule has 8 aromatic carbocycles. The molecule has 678 valence electrons. The van der Waals surface area contributed by atoms with Crippen LogP contribution in [-0.4, -0.2) is 217 Å². The molecule has 9 heterocycles. The van der Waals surface area contributed by atoms with Gasteiger partial charge in [-0.1, -0.05) is 61.3 Å². The second-order valence-electron chi connectivity index (χ2n) is 32.7. The topological polar surface area (TPSA) is 610 Å². The van der Waals surface area contributed by atoms with Gasteiger partial charge in [0.2, 0.25) is 53.4 Å². The number of primary amides is 1. The van der Waals surface area contributed by atoms with Crippen molar-refractivity contribution < 1.29 is 142 Å². The van der Waals surface area contributed by atoms with Gasteiger partial charge >= 0.3 is 11.9 Å². The highest BCUT2D eigenvalue weighted by Crippen LogP contribution is 2.58. The first-order valence-corrected chi connectivity index (χ1v) is 41.3. The summed E-state index contributed by atoms with van der Waals surface area (Å²) in [5.74, 6) is -18.1. The Morgan fingerprint density at radius 3 is 1.84 bits per heavy atom. The van der Waals surface area contributed by atoms with Crippen LogP contribution in [0.1, 0.15) is 132 Å². The number of hydrogen-bond acceptors (Lipinski definition) is 30. The first-order valence-electron chi connectivity index (χ1n) is 40.1. The van der Waals surface area contributed by atoms with Gasteiger partial charge in [0, 0.05) is 76.3 Å². The number of benzene rings is 8. The fraction of sp³-hybridized carbons (Fsp3) is 0.333. The zero-order chi connectivity index (χ0) is 92.7. The molecule has 9 aliphatic heterocycles. The fourth-order valence-corrected chi connectivity index (χ4v) is 17.4. The number of rotatable bonds is 14. The van der Waals surface area contributed by atoms with Gasteiger partial charge in [-0.2, -0.15) is 0 Å². The number of carboxylic acids is 1. The van der Waals surface area contributed by atoms with E-state index in [0.717, 1.165) is 72.8 Å². The number of phenols is 5. The molecule has 2 saturated heterocycles. The molecule has 0 aromatic heterocycles. The summed E-state index contributed by atoms with van der Waals surface area (Å²) in [4.78, 5) is 136. The summed E-state index contributed by atoms with van der Waals surface area (Å²) in [5, 5.41) is 153. The molecule has 2 fully saturated rings. The van der Waals surface area contributed by atoms with Crippen molar-refractivity contribution in [3.05, 3.63) is 194 Å². The van der Waals surface area contributed by atoms with Gasteiger partial charge in [0.1, 0.15) is 119 Å². The van der Waals surface area contributed by atoms with Gasteiger partial charge < -0.3 is 153 Å². The van der Waals surface area contributed by atoms with E-state index in [4.69, 9.17) is 84.8 Å². The predicted molar refractivity (Wildman–Crippen MR) is 452 cm³/mol. The number of esters is 1. The molecule has 17 rings (SSSR count). The van der Waals surface area contributed by atoms with E-state index in [2.05, 4.69) is 37.2 Å². The highest BCUT2D eigenvalue weighted by molar-refractivity contribution is 7.80. The number of phenolic OH excluding ortho intramolecular Hbond substituents is 5. The van der Waals surface area contributed by atoms with Crippen LogP contribution in [0.4, 0.5) is 5.69 Å². The summed E-state index contributed by atoms with van der Waals surface area (Å²) >= 11 is 20.3. The molecule has 0 unspecified atom stereocenters. The number of thiocarbonyl (C=S) groups is 1. The lowest BCUT2D eigenvalue weighted by Crippen LogP contribution is -2.64. The lowest BCUT2D eigenvalue weighted by atomic mass is 9.77. The fourth-order valence-electron chi connectivity index (χ4n) is 16.7. The number of aliphatic hydroxyl groups is 6. The zero-order valence-corrected chi connectivity index (χ0v) is 70.8. The van der Waals surface area contributed by atoms with Crippen molar-refractivity contribution in [3.63, 3.8) is 0 Å². The molecular formula is C87H86Cl2N10O29S. The number of fused-ring (bicyclic) bond motifs is 21. The number of aromatic hydroxyl groups is 5. The second-order valence-corrected chi connectivity index (χ2v) is 33.9. The number of likely N-dealkylation sites (N-methyl/N-ethyl adjacent to an activating group) is 1. The number of carbonyl (C=O) groups excluding carboxylic acids is 8. The summed E-state index contributed by atoms with van der Waals surface area (Å²) in [7, 11) is 1.42. The van der Waals surface area contributed by atoms with Gasteiger partial charge in [0.05, 0.1) is 40.8 Å². The lowest BCUT2D eigenvalue weighted by molar-refractivity contribution is -0.333. The number of nitrogens with zero attached hydrogens (tertiary/aromatic N) is 1. The minimum absolute atomic E-state index is 0.0468. The van der Waals surface area contributed by atoms with Crippen molar-refractivity contribution in [3.8, 4) is 80.1 Å². The molecule has 129 heavy (non-hydrogen) atoms. The Balaban J connectivity index is 0.854. The molecule has 7 amide bonds. The molecule has 9 aliphatic rings. The molecule has 42 heteroatoms. The van der Waals surface area contributed by atoms with Crippen molar-refractivity contribution in [2.45, 2.75) is 162 Å². The third-order valence-corrected chi connectivity index (χ3v) is 24.2. The number of ether oxygens (including phenoxy) is 8. The number of halogens is 2. The number of hydrogen-bond donors (Lipinski definition) is 21. The van der Waals surface area contributed by atoms with Crippen LogP contribution in [0.15, 0.2) is 133 Å². The molecule has 8 aromatic rings. The molecule has 11 bridgehead atoms. The van der Waals surface area contributed by atoms with Gasteiger partial charge in [-0.15, -0.1) is 0 Å². The highest BCUT2D eigenvalue weighted by Gasteiger charge is 2.56. The molecule has 0 aliphatic carbocycles. The summed E-state index contributed by atoms with van der Waals surface area (Å²) < 4.78 is 51.1. The quantitative estimate of drug-likeness (QED) is 0.0536. The SMILES string of the molecule is CC(C)C[C@H](C(=O)N[C@H]1C(=O)N[C@@H](CC(N)=O)C(=O)N[C@H]2C(=O)N[C@H]3C(=O)N[C@H](C(=O)N[C@H](C(=O)O)c4cc(O)cc(O)c4-c4cc3ccc4O)[C@H](O)c3ccc(c(Cl)c3)Oc3cc2cc(c3O[C@@H]2O[C@H](CO)[C@@H](O)[C@H](O)[C@H]2O[C@H]2C[C@](C)(N)[C@H](O)[C@H](C)O2)Oc2ccc(cc2Cl)[C@H]1O)N(C)C(=S)Nc1ccc2c(c1)C(=O)OC21c2ccc(O)cc2Oc2cc(O)ccc21. The van der Waals surface area contributed by atoms with Crippen molar-refractivity contribution >= 4 is 99.5 Å². The summed E-state index contributed by atoms with van der Waals surface area (Å²) in [6.45, 7) is 5.46. The number of aliphatic hydroxyl groups excluding tert-OH is 6. The molecule has 1 spiro atoms. The van der Waals surface area contributed by atoms with Crippen LogP contribution in [0.3, 0.4) is 0 Å². The average molecular weight is 1840 g/mol. The molecule has 18 atom stereocenters. The van der Waals surface area contributed by atoms with Crippen LogP contribution in [0.5, 0.6) is 69.0 Å². The number of carboxylic acid groups (broad SMARTS) is 1. The van der Waals surface area contributed by atoms with Crippen molar-refractivity contribution in [1.29, 1.82) is 0 Å². The normalized spacial score (nSPS) is 26.4. The summed E-state index contributed by atoms with van der Waals surface area (Å²) in [6, 6.07) is 11.0. The van der Waals surface area contributed by atoms with E-state index in [1.807, 2.05) is 0 Å². The van der Waals surface area contributed by atoms with Crippen LogP contribution in [0, 0.1) is 5.92 Å². The van der Waals surface area contributed by atoms with Crippen molar-refractivity contribution in [1.82, 2.24) is 36.8 Å². The summed E-state index contributed by atoms with van der Waals surface area (Å²) in [6.07, 6.45) is -19.6. The minimum atomic E-state index is -2.44. The van der Waals surface area contributed by atoms with Crippen LogP contribution in [-0.2, 0) is 62.9 Å². The van der Waals surface area contributed by atoms with Crippen molar-refractivity contribution in [2.75, 3.05) is 19.0 Å². The Kier molecular flexibility index (Phi) is 25.1. The van der Waals surface area contributed by atoms with Crippen LogP contribution in [0.25, 0.3) is 11.1 Å². The van der Waals surface area contributed by atoms with Gasteiger partial charge in [-0.05, 0) is 152 Å². The Hall–Kier alpha value is -12.9. The van der Waals surface area contributed by atoms with E-state index < -0.39 is 265 Å². The number of amides is 7. The van der Waals surface area contributed by atoms with Crippen LogP contribution < -0.4 is 67.6 Å². The first-order chi connectivity index (χ1) is 61.1. The number of nitrogens with two attached hydrogens (primary N) is 2. The monoisotopic (exact) mass is 1840 g/mol. The molecule has 39 nitrogen and oxygen atoms in total. The Bertz CT molecular complexity index is 5880. The average Bonchev–Trinajstić information content (AvgIpc) is 1.59. The molecule has 0 saturated carbocycles. The third-order valence-electron chi connectivity index (χ3n) is 23.2. The smallest absolute Gasteiger partial charge is 0.340 e. The maximum Gasteiger partial charge on any atom is 0.340 e. The molecule has 0 radical (unpaired) electrons. The van der Waals surface area contributed by atoms with E-state index in [0.29, 0.717) is 16.7 Å². The largest absolute Gasteiger partial charge is 0.508 e. The number of aliphatic carboxylic acids is 1. The van der Waals surface area contributed by atoms with Gasteiger partial charge in [0.15, 0.2) is 40.6 Å². The minimum Gasteiger partial charge on any atom is -0.508 e.